The van der Waals surface area contributed by atoms with Crippen LogP contribution >= 0.6 is 22.9 Å². The first-order valence-electron chi connectivity index (χ1n) is 7.09. The van der Waals surface area contributed by atoms with Crippen LogP contribution in [0.25, 0.3) is 11.3 Å². The molecule has 0 saturated carbocycles. The van der Waals surface area contributed by atoms with Crippen LogP contribution in [-0.4, -0.2) is 17.5 Å². The number of para-hydroxylation sites is 1. The van der Waals surface area contributed by atoms with Crippen molar-refractivity contribution in [3.05, 3.63) is 64.5 Å². The Morgan fingerprint density at radius 2 is 2.00 bits per heavy atom. The number of hydrogen-bond donors (Lipinski definition) is 1. The standard InChI is InChI=1S/C17H11ClF2N2O2S/c18-11-5-3-4-10(8-11)15(23)22-17-21-13(9-25-17)12-6-1-2-7-14(12)24-16(19)20/h1-9,16H,(H,21,22,23). The fourth-order valence-corrected chi connectivity index (χ4v) is 3.03. The number of nitrogens with zero attached hydrogens (tertiary/aromatic N) is 1. The Morgan fingerprint density at radius 3 is 2.76 bits per heavy atom. The highest BCUT2D eigenvalue weighted by molar-refractivity contribution is 7.14. The van der Waals surface area contributed by atoms with E-state index >= 15 is 0 Å². The van der Waals surface area contributed by atoms with E-state index in [1.165, 1.54) is 23.5 Å². The number of rotatable bonds is 5. The molecule has 3 rings (SSSR count). The summed E-state index contributed by atoms with van der Waals surface area (Å²) in [7, 11) is 0. The summed E-state index contributed by atoms with van der Waals surface area (Å²) in [5.41, 5.74) is 1.25. The molecule has 2 aromatic carbocycles. The van der Waals surface area contributed by atoms with Crippen LogP contribution in [0, 0.1) is 0 Å². The lowest BCUT2D eigenvalue weighted by atomic mass is 10.1. The minimum atomic E-state index is -2.93. The van der Waals surface area contributed by atoms with E-state index < -0.39 is 6.61 Å². The molecule has 1 heterocycles. The van der Waals surface area contributed by atoms with Crippen LogP contribution in [0.15, 0.2) is 53.9 Å². The van der Waals surface area contributed by atoms with Gasteiger partial charge in [-0.3, -0.25) is 10.1 Å². The molecule has 3 aromatic rings. The van der Waals surface area contributed by atoms with Crippen molar-refractivity contribution in [1.29, 1.82) is 0 Å². The van der Waals surface area contributed by atoms with Gasteiger partial charge in [0, 0.05) is 21.5 Å². The summed E-state index contributed by atoms with van der Waals surface area (Å²) in [5, 5.41) is 5.10. The largest absolute Gasteiger partial charge is 0.434 e. The molecule has 0 aliphatic heterocycles. The van der Waals surface area contributed by atoms with Crippen LogP contribution in [0.4, 0.5) is 13.9 Å². The predicted molar refractivity (Wildman–Crippen MR) is 93.6 cm³/mol. The number of aromatic nitrogens is 1. The molecule has 128 valence electrons. The van der Waals surface area contributed by atoms with Crippen molar-refractivity contribution in [2.24, 2.45) is 0 Å². The van der Waals surface area contributed by atoms with Gasteiger partial charge in [-0.25, -0.2) is 4.98 Å². The maximum atomic E-state index is 12.5. The molecule has 1 N–H and O–H groups in total. The molecule has 1 amide bonds. The van der Waals surface area contributed by atoms with Crippen molar-refractivity contribution in [3.8, 4) is 17.0 Å². The van der Waals surface area contributed by atoms with Gasteiger partial charge in [-0.2, -0.15) is 8.78 Å². The average molecular weight is 381 g/mol. The summed E-state index contributed by atoms with van der Waals surface area (Å²) in [4.78, 5) is 16.5. The van der Waals surface area contributed by atoms with E-state index in [4.69, 9.17) is 11.6 Å². The lowest BCUT2D eigenvalue weighted by Gasteiger charge is -2.08. The Bertz CT molecular complexity index is 902. The van der Waals surface area contributed by atoms with Gasteiger partial charge in [-0.1, -0.05) is 29.8 Å². The summed E-state index contributed by atoms with van der Waals surface area (Å²) in [6, 6.07) is 12.8. The van der Waals surface area contributed by atoms with E-state index in [-0.39, 0.29) is 11.7 Å². The highest BCUT2D eigenvalue weighted by atomic mass is 35.5. The molecule has 0 unspecified atom stereocenters. The number of ether oxygens (including phenoxy) is 1. The topological polar surface area (TPSA) is 51.2 Å². The van der Waals surface area contributed by atoms with Crippen LogP contribution in [-0.2, 0) is 0 Å². The minimum absolute atomic E-state index is 0.0236. The number of anilines is 1. The Morgan fingerprint density at radius 1 is 1.20 bits per heavy atom. The van der Waals surface area contributed by atoms with Gasteiger partial charge in [0.2, 0.25) is 0 Å². The second-order valence-corrected chi connectivity index (χ2v) is 6.17. The first kappa shape index (κ1) is 17.3. The van der Waals surface area contributed by atoms with Gasteiger partial charge < -0.3 is 4.74 Å². The smallest absolute Gasteiger partial charge is 0.387 e. The molecular weight excluding hydrogens is 370 g/mol. The molecule has 0 saturated heterocycles. The third-order valence-corrected chi connectivity index (χ3v) is 4.18. The molecule has 0 aliphatic rings. The fraction of sp³-hybridized carbons (Fsp3) is 0.0588. The normalized spacial score (nSPS) is 10.7. The summed E-state index contributed by atoms with van der Waals surface area (Å²) < 4.78 is 29.5. The van der Waals surface area contributed by atoms with Crippen LogP contribution < -0.4 is 10.1 Å². The number of carbonyl (C=O) groups excluding carboxylic acids is 1. The molecular formula is C17H11ClF2N2O2S. The Kier molecular flexibility index (Phi) is 5.25. The first-order chi connectivity index (χ1) is 12.0. The lowest BCUT2D eigenvalue weighted by molar-refractivity contribution is -0.0494. The van der Waals surface area contributed by atoms with Crippen LogP contribution in [0.3, 0.4) is 0 Å². The van der Waals surface area contributed by atoms with Gasteiger partial charge in [0.1, 0.15) is 5.75 Å². The maximum absolute atomic E-state index is 12.5. The van der Waals surface area contributed by atoms with E-state index in [0.717, 1.165) is 0 Å². The maximum Gasteiger partial charge on any atom is 0.387 e. The summed E-state index contributed by atoms with van der Waals surface area (Å²) in [6.45, 7) is -2.93. The third-order valence-electron chi connectivity index (χ3n) is 3.19. The quantitative estimate of drug-likeness (QED) is 0.652. The molecule has 8 heteroatoms. The van der Waals surface area contributed by atoms with Crippen molar-refractivity contribution in [3.63, 3.8) is 0 Å². The minimum Gasteiger partial charge on any atom is -0.434 e. The van der Waals surface area contributed by atoms with Crippen molar-refractivity contribution in [1.82, 2.24) is 4.98 Å². The van der Waals surface area contributed by atoms with Gasteiger partial charge in [0.05, 0.1) is 5.69 Å². The van der Waals surface area contributed by atoms with Crippen molar-refractivity contribution in [2.45, 2.75) is 6.61 Å². The van der Waals surface area contributed by atoms with Gasteiger partial charge in [-0.15, -0.1) is 11.3 Å². The van der Waals surface area contributed by atoms with E-state index in [2.05, 4.69) is 15.0 Å². The second-order valence-electron chi connectivity index (χ2n) is 4.88. The molecule has 0 aliphatic carbocycles. The number of halogens is 3. The first-order valence-corrected chi connectivity index (χ1v) is 8.35. The SMILES string of the molecule is O=C(Nc1nc(-c2ccccc2OC(F)F)cs1)c1cccc(Cl)c1. The molecule has 1 aromatic heterocycles. The monoisotopic (exact) mass is 380 g/mol. The fourth-order valence-electron chi connectivity index (χ4n) is 2.13. The van der Waals surface area contributed by atoms with Gasteiger partial charge >= 0.3 is 6.61 Å². The van der Waals surface area contributed by atoms with Crippen LogP contribution in [0.5, 0.6) is 5.75 Å². The molecule has 0 radical (unpaired) electrons. The zero-order valence-corrected chi connectivity index (χ0v) is 14.2. The molecule has 0 fully saturated rings. The van der Waals surface area contributed by atoms with Gasteiger partial charge in [-0.05, 0) is 30.3 Å². The number of nitrogens with one attached hydrogen (secondary N) is 1. The predicted octanol–water partition coefficient (Wildman–Crippen LogP) is 5.32. The number of benzene rings is 2. The number of hydrogen-bond acceptors (Lipinski definition) is 4. The number of carbonyl (C=O) groups is 1. The van der Waals surface area contributed by atoms with Crippen molar-refractivity contribution >= 4 is 34.0 Å². The Labute approximate surface area is 151 Å². The molecule has 0 atom stereocenters. The number of thiazole rings is 1. The number of amides is 1. The second kappa shape index (κ2) is 7.58. The summed E-state index contributed by atoms with van der Waals surface area (Å²) >= 11 is 7.05. The molecule has 0 spiro atoms. The molecule has 4 nitrogen and oxygen atoms in total. The van der Waals surface area contributed by atoms with E-state index in [1.807, 2.05) is 0 Å². The summed E-state index contributed by atoms with van der Waals surface area (Å²) in [5.74, 6) is -0.337. The van der Waals surface area contributed by atoms with E-state index in [1.54, 1.807) is 41.8 Å². The zero-order chi connectivity index (χ0) is 17.8. The van der Waals surface area contributed by atoms with Crippen LogP contribution in [0.1, 0.15) is 10.4 Å². The third kappa shape index (κ3) is 4.32. The molecule has 0 bridgehead atoms. The highest BCUT2D eigenvalue weighted by Crippen LogP contribution is 2.33. The van der Waals surface area contributed by atoms with Gasteiger partial charge in [0.15, 0.2) is 5.13 Å². The van der Waals surface area contributed by atoms with E-state index in [0.29, 0.717) is 27.0 Å². The molecule has 25 heavy (non-hydrogen) atoms. The van der Waals surface area contributed by atoms with Crippen molar-refractivity contribution < 1.29 is 18.3 Å². The lowest BCUT2D eigenvalue weighted by Crippen LogP contribution is -2.11. The summed E-state index contributed by atoms with van der Waals surface area (Å²) in [6.07, 6.45) is 0. The van der Waals surface area contributed by atoms with Crippen LogP contribution in [0.2, 0.25) is 5.02 Å². The van der Waals surface area contributed by atoms with Gasteiger partial charge in [0.25, 0.3) is 5.91 Å². The van der Waals surface area contributed by atoms with E-state index in [9.17, 15) is 13.6 Å². The Balaban J connectivity index is 1.80. The number of alkyl halides is 2. The average Bonchev–Trinajstić information content (AvgIpc) is 3.03. The van der Waals surface area contributed by atoms with Crippen molar-refractivity contribution in [2.75, 3.05) is 5.32 Å². The Hall–Kier alpha value is -2.51. The zero-order valence-electron chi connectivity index (χ0n) is 12.6. The highest BCUT2D eigenvalue weighted by Gasteiger charge is 2.15.